The second kappa shape index (κ2) is 6.71. The average molecular weight is 426 g/mol. The van der Waals surface area contributed by atoms with Crippen LogP contribution in [0.1, 0.15) is 0 Å². The monoisotopic (exact) mass is 426 g/mol. The molecule has 0 spiro atoms. The number of aryl methyl sites for hydroxylation is 1. The number of para-hydroxylation sites is 1. The number of H-pyrrole nitrogens is 1. The highest BCUT2D eigenvalue weighted by Crippen LogP contribution is 2.29. The van der Waals surface area contributed by atoms with Crippen molar-refractivity contribution in [3.05, 3.63) is 69.8 Å². The zero-order valence-electron chi connectivity index (χ0n) is 16.2. The summed E-state index contributed by atoms with van der Waals surface area (Å²) < 4.78 is 7.14. The van der Waals surface area contributed by atoms with E-state index < -0.39 is 0 Å². The van der Waals surface area contributed by atoms with Crippen LogP contribution in [0.25, 0.3) is 56.3 Å². The van der Waals surface area contributed by atoms with Crippen LogP contribution in [0.2, 0.25) is 0 Å². The number of aromatic amines is 1. The van der Waals surface area contributed by atoms with Gasteiger partial charge in [-0.05, 0) is 24.3 Å². The molecule has 0 saturated heterocycles. The molecule has 0 unspecified atom stereocenters. The topological polar surface area (TPSA) is 102 Å². The van der Waals surface area contributed by atoms with E-state index in [1.54, 1.807) is 17.1 Å². The summed E-state index contributed by atoms with van der Waals surface area (Å²) in [5, 5.41) is 6.96. The highest BCUT2D eigenvalue weighted by atomic mass is 32.1. The van der Waals surface area contributed by atoms with Crippen molar-refractivity contribution in [1.82, 2.24) is 29.7 Å². The summed E-state index contributed by atoms with van der Waals surface area (Å²) in [6.45, 7) is 0. The van der Waals surface area contributed by atoms with Gasteiger partial charge in [0.15, 0.2) is 5.82 Å². The SMILES string of the molecule is Cn1c(=O)cc(-c2nc(-c3ccc4nc(-c5cscn5)[nH]c4c3)no2)c2ccccc21. The highest BCUT2D eigenvalue weighted by Gasteiger charge is 2.16. The zero-order chi connectivity index (χ0) is 20.9. The average Bonchev–Trinajstić information content (AvgIpc) is 3.55. The first-order chi connectivity index (χ1) is 15.2. The molecule has 31 heavy (non-hydrogen) atoms. The van der Waals surface area contributed by atoms with Gasteiger partial charge >= 0.3 is 0 Å². The summed E-state index contributed by atoms with van der Waals surface area (Å²) in [4.78, 5) is 29.1. The third kappa shape index (κ3) is 2.86. The molecule has 150 valence electrons. The Morgan fingerprint density at radius 3 is 2.87 bits per heavy atom. The van der Waals surface area contributed by atoms with Crippen molar-refractivity contribution in [2.75, 3.05) is 0 Å². The van der Waals surface area contributed by atoms with Crippen LogP contribution in [0.3, 0.4) is 0 Å². The fraction of sp³-hybridized carbons (Fsp3) is 0.0455. The largest absolute Gasteiger partial charge is 0.337 e. The van der Waals surface area contributed by atoms with E-state index in [1.807, 2.05) is 47.8 Å². The van der Waals surface area contributed by atoms with E-state index in [0.717, 1.165) is 33.2 Å². The Morgan fingerprint density at radius 1 is 1.10 bits per heavy atom. The Morgan fingerprint density at radius 2 is 2.00 bits per heavy atom. The predicted molar refractivity (Wildman–Crippen MR) is 119 cm³/mol. The van der Waals surface area contributed by atoms with E-state index in [4.69, 9.17) is 4.52 Å². The molecule has 6 rings (SSSR count). The summed E-state index contributed by atoms with van der Waals surface area (Å²) in [5.74, 6) is 1.46. The number of hydrogen-bond acceptors (Lipinski definition) is 7. The third-order valence-electron chi connectivity index (χ3n) is 5.23. The lowest BCUT2D eigenvalue weighted by atomic mass is 10.1. The van der Waals surface area contributed by atoms with E-state index in [9.17, 15) is 4.79 Å². The molecule has 0 fully saturated rings. The molecule has 0 aliphatic rings. The minimum Gasteiger partial charge on any atom is -0.337 e. The van der Waals surface area contributed by atoms with Crippen LogP contribution in [0.15, 0.2) is 68.7 Å². The lowest BCUT2D eigenvalue weighted by molar-refractivity contribution is 0.432. The number of benzene rings is 2. The van der Waals surface area contributed by atoms with Crippen molar-refractivity contribution in [2.45, 2.75) is 0 Å². The van der Waals surface area contributed by atoms with Gasteiger partial charge in [-0.2, -0.15) is 4.98 Å². The first kappa shape index (κ1) is 17.7. The van der Waals surface area contributed by atoms with E-state index >= 15 is 0 Å². The van der Waals surface area contributed by atoms with Crippen LogP contribution in [-0.2, 0) is 7.05 Å². The van der Waals surface area contributed by atoms with Gasteiger partial charge in [0.05, 0.1) is 27.6 Å². The maximum Gasteiger partial charge on any atom is 0.259 e. The number of aromatic nitrogens is 6. The molecule has 9 heteroatoms. The standard InChI is InChI=1S/C22H14N6O2S/c1-28-18-5-3-2-4-13(18)14(9-19(28)29)22-26-20(27-30-22)12-6-7-15-16(8-12)25-21(24-15)17-10-31-11-23-17/h2-11H,1H3,(H,24,25). The summed E-state index contributed by atoms with van der Waals surface area (Å²) >= 11 is 1.52. The first-order valence-corrected chi connectivity index (χ1v) is 10.4. The Labute approximate surface area is 178 Å². The van der Waals surface area contributed by atoms with Crippen LogP contribution in [-0.4, -0.2) is 29.7 Å². The molecule has 0 bridgehead atoms. The van der Waals surface area contributed by atoms with E-state index in [2.05, 4.69) is 25.1 Å². The Balaban J connectivity index is 1.44. The second-order valence-corrected chi connectivity index (χ2v) is 7.81. The Bertz CT molecular complexity index is 1630. The lowest BCUT2D eigenvalue weighted by Crippen LogP contribution is -2.16. The molecule has 0 amide bonds. The van der Waals surface area contributed by atoms with Crippen molar-refractivity contribution in [3.63, 3.8) is 0 Å². The molecule has 0 saturated carbocycles. The molecule has 0 aliphatic carbocycles. The van der Waals surface area contributed by atoms with Gasteiger partial charge in [-0.25, -0.2) is 9.97 Å². The predicted octanol–water partition coefficient (Wildman–Crippen LogP) is 4.26. The summed E-state index contributed by atoms with van der Waals surface area (Å²) in [6, 6.07) is 14.9. The van der Waals surface area contributed by atoms with Gasteiger partial charge in [-0.15, -0.1) is 11.3 Å². The molecule has 4 heterocycles. The molecular weight excluding hydrogens is 412 g/mol. The molecular formula is C22H14N6O2S. The van der Waals surface area contributed by atoms with Crippen molar-refractivity contribution >= 4 is 33.3 Å². The van der Waals surface area contributed by atoms with Crippen LogP contribution in [0, 0.1) is 0 Å². The van der Waals surface area contributed by atoms with Gasteiger partial charge in [0.25, 0.3) is 11.4 Å². The molecule has 0 atom stereocenters. The van der Waals surface area contributed by atoms with Crippen LogP contribution < -0.4 is 5.56 Å². The number of nitrogens with zero attached hydrogens (tertiary/aromatic N) is 5. The number of pyridine rings is 1. The summed E-state index contributed by atoms with van der Waals surface area (Å²) in [6.07, 6.45) is 0. The minimum absolute atomic E-state index is 0.137. The van der Waals surface area contributed by atoms with Gasteiger partial charge < -0.3 is 14.1 Å². The number of fused-ring (bicyclic) bond motifs is 2. The van der Waals surface area contributed by atoms with Gasteiger partial charge in [0.1, 0.15) is 5.69 Å². The molecule has 6 aromatic rings. The smallest absolute Gasteiger partial charge is 0.259 e. The van der Waals surface area contributed by atoms with Gasteiger partial charge in [0, 0.05) is 29.4 Å². The summed E-state index contributed by atoms with van der Waals surface area (Å²) in [7, 11) is 1.74. The van der Waals surface area contributed by atoms with E-state index in [-0.39, 0.29) is 5.56 Å². The van der Waals surface area contributed by atoms with Crippen molar-refractivity contribution < 1.29 is 4.52 Å². The number of rotatable bonds is 3. The maximum atomic E-state index is 12.4. The van der Waals surface area contributed by atoms with Crippen LogP contribution >= 0.6 is 11.3 Å². The molecule has 0 aliphatic heterocycles. The van der Waals surface area contributed by atoms with Gasteiger partial charge in [-0.3, -0.25) is 4.79 Å². The second-order valence-electron chi connectivity index (χ2n) is 7.09. The van der Waals surface area contributed by atoms with Crippen molar-refractivity contribution in [1.29, 1.82) is 0 Å². The molecule has 4 aromatic heterocycles. The Kier molecular flexibility index (Phi) is 3.84. The fourth-order valence-corrected chi connectivity index (χ4v) is 4.17. The highest BCUT2D eigenvalue weighted by molar-refractivity contribution is 7.07. The lowest BCUT2D eigenvalue weighted by Gasteiger charge is -2.06. The fourth-order valence-electron chi connectivity index (χ4n) is 3.64. The molecule has 8 nitrogen and oxygen atoms in total. The summed E-state index contributed by atoms with van der Waals surface area (Å²) in [5.41, 5.74) is 6.33. The molecule has 1 N–H and O–H groups in total. The van der Waals surface area contributed by atoms with Gasteiger partial charge in [0.2, 0.25) is 5.82 Å². The number of nitrogens with one attached hydrogen (secondary N) is 1. The van der Waals surface area contributed by atoms with Crippen molar-refractivity contribution in [2.24, 2.45) is 7.05 Å². The van der Waals surface area contributed by atoms with E-state index in [0.29, 0.717) is 23.1 Å². The minimum atomic E-state index is -0.137. The zero-order valence-corrected chi connectivity index (χ0v) is 17.1. The van der Waals surface area contributed by atoms with E-state index in [1.165, 1.54) is 17.4 Å². The van der Waals surface area contributed by atoms with Crippen LogP contribution in [0.4, 0.5) is 0 Å². The number of thiazole rings is 1. The number of hydrogen-bond donors (Lipinski definition) is 1. The third-order valence-corrected chi connectivity index (χ3v) is 5.81. The molecule has 2 aromatic carbocycles. The first-order valence-electron chi connectivity index (χ1n) is 9.49. The normalized spacial score (nSPS) is 11.5. The van der Waals surface area contributed by atoms with Crippen LogP contribution in [0.5, 0.6) is 0 Å². The van der Waals surface area contributed by atoms with Crippen molar-refractivity contribution in [3.8, 4) is 34.4 Å². The number of imidazole rings is 1. The molecule has 0 radical (unpaired) electrons. The van der Waals surface area contributed by atoms with Gasteiger partial charge in [-0.1, -0.05) is 23.4 Å². The maximum absolute atomic E-state index is 12.4. The Hall–Kier alpha value is -4.11. The quantitative estimate of drug-likeness (QED) is 0.454.